The van der Waals surface area contributed by atoms with Crippen LogP contribution in [0.3, 0.4) is 0 Å². The summed E-state index contributed by atoms with van der Waals surface area (Å²) in [6.45, 7) is 1.80. The number of methoxy groups -OCH3 is 2. The van der Waals surface area contributed by atoms with Crippen LogP contribution in [0.4, 0.5) is 0 Å². The van der Waals surface area contributed by atoms with Gasteiger partial charge in [-0.15, -0.1) is 10.2 Å². The molecule has 1 aromatic heterocycles. The van der Waals surface area contributed by atoms with Crippen LogP contribution in [0.25, 0.3) is 17.1 Å². The minimum absolute atomic E-state index is 0.105. The van der Waals surface area contributed by atoms with Crippen molar-refractivity contribution in [1.29, 1.82) is 0 Å². The number of para-hydroxylation sites is 1. The molecule has 0 aliphatic heterocycles. The predicted octanol–water partition coefficient (Wildman–Crippen LogP) is 5.24. The topological polar surface area (TPSA) is 90.6 Å². The van der Waals surface area contributed by atoms with Crippen molar-refractivity contribution in [2.24, 2.45) is 5.10 Å². The fourth-order valence-electron chi connectivity index (χ4n) is 3.39. The molecular formula is C26H24ClN5O3S. The molecule has 0 atom stereocenters. The number of thioether (sulfide) groups is 1. The second kappa shape index (κ2) is 11.7. The largest absolute Gasteiger partial charge is 0.493 e. The van der Waals surface area contributed by atoms with E-state index in [1.54, 1.807) is 45.4 Å². The SMILES string of the molecule is COc1ccc(/C(C)=N/NC(=O)CSc2nnc(-c3ccc(Cl)cc3)n2-c2ccccc2)cc1OC. The molecule has 4 rings (SSSR count). The summed E-state index contributed by atoms with van der Waals surface area (Å²) in [4.78, 5) is 12.6. The number of aromatic nitrogens is 3. The van der Waals surface area contributed by atoms with Crippen LogP contribution < -0.4 is 14.9 Å². The molecule has 0 spiro atoms. The zero-order chi connectivity index (χ0) is 25.5. The van der Waals surface area contributed by atoms with Crippen molar-refractivity contribution in [2.75, 3.05) is 20.0 Å². The molecule has 0 bridgehead atoms. The molecular weight excluding hydrogens is 498 g/mol. The second-order valence-corrected chi connectivity index (χ2v) is 8.95. The van der Waals surface area contributed by atoms with E-state index >= 15 is 0 Å². The van der Waals surface area contributed by atoms with E-state index in [9.17, 15) is 4.79 Å². The number of carbonyl (C=O) groups excluding carboxylic acids is 1. The Bertz CT molecular complexity index is 1370. The maximum absolute atomic E-state index is 12.6. The molecule has 0 saturated carbocycles. The molecule has 8 nitrogen and oxygen atoms in total. The molecule has 1 N–H and O–H groups in total. The highest BCUT2D eigenvalue weighted by atomic mass is 35.5. The molecule has 0 saturated heterocycles. The number of amides is 1. The molecule has 0 aliphatic rings. The summed E-state index contributed by atoms with van der Waals surface area (Å²) < 4.78 is 12.5. The van der Waals surface area contributed by atoms with E-state index in [1.807, 2.05) is 53.1 Å². The number of halogens is 1. The Kier molecular flexibility index (Phi) is 8.24. The number of nitrogens with zero attached hydrogens (tertiary/aromatic N) is 4. The van der Waals surface area contributed by atoms with Crippen LogP contribution in [0, 0.1) is 0 Å². The average Bonchev–Trinajstić information content (AvgIpc) is 3.35. The third kappa shape index (κ3) is 5.87. The van der Waals surface area contributed by atoms with Crippen LogP contribution in [-0.4, -0.2) is 46.4 Å². The van der Waals surface area contributed by atoms with Crippen molar-refractivity contribution in [3.05, 3.63) is 83.4 Å². The van der Waals surface area contributed by atoms with Crippen molar-refractivity contribution in [2.45, 2.75) is 12.1 Å². The Morgan fingerprint density at radius 1 is 1.00 bits per heavy atom. The number of hydrazone groups is 1. The number of carbonyl (C=O) groups is 1. The van der Waals surface area contributed by atoms with Gasteiger partial charge in [0.15, 0.2) is 22.5 Å². The summed E-state index contributed by atoms with van der Waals surface area (Å²) in [5, 5.41) is 14.2. The zero-order valence-corrected chi connectivity index (χ0v) is 21.5. The summed E-state index contributed by atoms with van der Waals surface area (Å²) in [6.07, 6.45) is 0. The molecule has 4 aromatic rings. The highest BCUT2D eigenvalue weighted by molar-refractivity contribution is 7.99. The van der Waals surface area contributed by atoms with Gasteiger partial charge in [0.1, 0.15) is 0 Å². The third-order valence-corrected chi connectivity index (χ3v) is 6.41. The van der Waals surface area contributed by atoms with Gasteiger partial charge < -0.3 is 9.47 Å². The van der Waals surface area contributed by atoms with Gasteiger partial charge >= 0.3 is 0 Å². The first-order chi connectivity index (χ1) is 17.5. The molecule has 1 amide bonds. The Hall–Kier alpha value is -3.82. The van der Waals surface area contributed by atoms with E-state index in [-0.39, 0.29) is 11.7 Å². The molecule has 0 radical (unpaired) electrons. The highest BCUT2D eigenvalue weighted by Crippen LogP contribution is 2.29. The Morgan fingerprint density at radius 2 is 1.72 bits per heavy atom. The lowest BCUT2D eigenvalue weighted by atomic mass is 10.1. The van der Waals surface area contributed by atoms with Crippen molar-refractivity contribution in [3.8, 4) is 28.6 Å². The van der Waals surface area contributed by atoms with Gasteiger partial charge in [0, 0.05) is 21.8 Å². The number of nitrogens with one attached hydrogen (secondary N) is 1. The van der Waals surface area contributed by atoms with Crippen LogP contribution >= 0.6 is 23.4 Å². The third-order valence-electron chi connectivity index (χ3n) is 5.23. The first-order valence-electron chi connectivity index (χ1n) is 10.9. The predicted molar refractivity (Wildman–Crippen MR) is 142 cm³/mol. The standard InChI is InChI=1S/C26H24ClN5O3S/c1-17(19-11-14-22(34-2)23(15-19)35-3)28-29-24(33)16-36-26-31-30-25(18-9-12-20(27)13-10-18)32(26)21-7-5-4-6-8-21/h4-15H,16H2,1-3H3,(H,29,33)/b28-17+. The highest BCUT2D eigenvalue weighted by Gasteiger charge is 2.17. The Labute approximate surface area is 218 Å². The van der Waals surface area contributed by atoms with Crippen LogP contribution in [0.1, 0.15) is 12.5 Å². The number of ether oxygens (including phenoxy) is 2. The molecule has 10 heteroatoms. The maximum Gasteiger partial charge on any atom is 0.250 e. The van der Waals surface area contributed by atoms with E-state index in [0.29, 0.717) is 33.2 Å². The smallest absolute Gasteiger partial charge is 0.250 e. The van der Waals surface area contributed by atoms with E-state index < -0.39 is 0 Å². The number of benzene rings is 3. The van der Waals surface area contributed by atoms with Crippen LogP contribution in [0.5, 0.6) is 11.5 Å². The molecule has 3 aromatic carbocycles. The van der Waals surface area contributed by atoms with Gasteiger partial charge in [0.2, 0.25) is 0 Å². The van der Waals surface area contributed by atoms with Gasteiger partial charge in [-0.2, -0.15) is 5.10 Å². The fourth-order valence-corrected chi connectivity index (χ4v) is 4.26. The van der Waals surface area contributed by atoms with Crippen molar-refractivity contribution in [1.82, 2.24) is 20.2 Å². The van der Waals surface area contributed by atoms with Crippen molar-refractivity contribution in [3.63, 3.8) is 0 Å². The fraction of sp³-hybridized carbons (Fsp3) is 0.154. The van der Waals surface area contributed by atoms with Crippen LogP contribution in [-0.2, 0) is 4.79 Å². The van der Waals surface area contributed by atoms with Crippen LogP contribution in [0.15, 0.2) is 83.1 Å². The minimum atomic E-state index is -0.268. The second-order valence-electron chi connectivity index (χ2n) is 7.57. The molecule has 0 aliphatic carbocycles. The lowest BCUT2D eigenvalue weighted by Crippen LogP contribution is -2.21. The average molecular weight is 522 g/mol. The van der Waals surface area contributed by atoms with Gasteiger partial charge in [-0.05, 0) is 61.5 Å². The van der Waals surface area contributed by atoms with E-state index in [1.165, 1.54) is 11.8 Å². The van der Waals surface area contributed by atoms with E-state index in [0.717, 1.165) is 16.8 Å². The van der Waals surface area contributed by atoms with Gasteiger partial charge in [-0.25, -0.2) is 5.43 Å². The molecule has 0 unspecified atom stereocenters. The van der Waals surface area contributed by atoms with Crippen LogP contribution in [0.2, 0.25) is 5.02 Å². The van der Waals surface area contributed by atoms with Gasteiger partial charge in [-0.1, -0.05) is 41.6 Å². The zero-order valence-electron chi connectivity index (χ0n) is 19.9. The summed E-state index contributed by atoms with van der Waals surface area (Å²) in [5.74, 6) is 1.70. The first-order valence-corrected chi connectivity index (χ1v) is 12.3. The number of hydrogen-bond donors (Lipinski definition) is 1. The van der Waals surface area contributed by atoms with Crippen molar-refractivity contribution >= 4 is 35.0 Å². The first kappa shape index (κ1) is 25.3. The normalized spacial score (nSPS) is 11.3. The molecule has 0 fully saturated rings. The summed E-state index contributed by atoms with van der Waals surface area (Å²) in [7, 11) is 3.15. The minimum Gasteiger partial charge on any atom is -0.493 e. The maximum atomic E-state index is 12.6. The van der Waals surface area contributed by atoms with Gasteiger partial charge in [-0.3, -0.25) is 9.36 Å². The van der Waals surface area contributed by atoms with Gasteiger partial charge in [0.05, 0.1) is 25.7 Å². The number of hydrogen-bond acceptors (Lipinski definition) is 7. The Balaban J connectivity index is 1.49. The number of rotatable bonds is 9. The monoisotopic (exact) mass is 521 g/mol. The molecule has 36 heavy (non-hydrogen) atoms. The molecule has 184 valence electrons. The lowest BCUT2D eigenvalue weighted by molar-refractivity contribution is -0.118. The van der Waals surface area contributed by atoms with E-state index in [2.05, 4.69) is 20.7 Å². The van der Waals surface area contributed by atoms with E-state index in [4.69, 9.17) is 21.1 Å². The Morgan fingerprint density at radius 3 is 2.42 bits per heavy atom. The summed E-state index contributed by atoms with van der Waals surface area (Å²) in [5.41, 5.74) is 5.79. The molecule has 1 heterocycles. The summed E-state index contributed by atoms with van der Waals surface area (Å²) in [6, 6.07) is 22.6. The van der Waals surface area contributed by atoms with Gasteiger partial charge in [0.25, 0.3) is 5.91 Å². The van der Waals surface area contributed by atoms with Crippen molar-refractivity contribution < 1.29 is 14.3 Å². The summed E-state index contributed by atoms with van der Waals surface area (Å²) >= 11 is 7.32. The lowest BCUT2D eigenvalue weighted by Gasteiger charge is -2.10. The quantitative estimate of drug-likeness (QED) is 0.184.